The zero-order valence-corrected chi connectivity index (χ0v) is 14.2. The number of rotatable bonds is 5. The molecule has 0 aliphatic rings. The van der Waals surface area contributed by atoms with E-state index in [1.54, 1.807) is 0 Å². The molecule has 3 nitrogen and oxygen atoms in total. The summed E-state index contributed by atoms with van der Waals surface area (Å²) in [5.74, 6) is 1.77. The van der Waals surface area contributed by atoms with Gasteiger partial charge in [0.15, 0.2) is 0 Å². The Morgan fingerprint density at radius 2 is 1.72 bits per heavy atom. The normalized spacial score (nSPS) is 10.9. The average Bonchev–Trinajstić information content (AvgIpc) is 3.06. The van der Waals surface area contributed by atoms with Crippen LogP contribution in [0.15, 0.2) is 72.8 Å². The number of hydrogen-bond acceptors (Lipinski definition) is 2. The molecule has 0 saturated carbocycles. The maximum atomic E-state index is 5.84. The Hall–Kier alpha value is -3.07. The van der Waals surface area contributed by atoms with Gasteiger partial charge in [0.2, 0.25) is 0 Å². The molecule has 0 saturated heterocycles. The Bertz CT molecular complexity index is 972. The van der Waals surface area contributed by atoms with Gasteiger partial charge in [-0.1, -0.05) is 36.4 Å². The van der Waals surface area contributed by atoms with Crippen LogP contribution in [0.25, 0.3) is 22.4 Å². The van der Waals surface area contributed by atoms with E-state index in [2.05, 4.69) is 53.3 Å². The summed E-state index contributed by atoms with van der Waals surface area (Å²) in [5.41, 5.74) is 5.63. The van der Waals surface area contributed by atoms with E-state index in [-0.39, 0.29) is 0 Å². The van der Waals surface area contributed by atoms with Crippen molar-refractivity contribution >= 4 is 11.0 Å². The SMILES string of the molecule is Cc1ccc2nc(-c3ccc(OCCc4ccccc4)cc3)[nH]c2c1. The molecule has 0 radical (unpaired) electrons. The summed E-state index contributed by atoms with van der Waals surface area (Å²) in [5, 5.41) is 0. The highest BCUT2D eigenvalue weighted by Crippen LogP contribution is 2.23. The summed E-state index contributed by atoms with van der Waals surface area (Å²) >= 11 is 0. The summed E-state index contributed by atoms with van der Waals surface area (Å²) in [7, 11) is 0. The lowest BCUT2D eigenvalue weighted by Crippen LogP contribution is -2.01. The number of nitrogens with zero attached hydrogens (tertiary/aromatic N) is 1. The van der Waals surface area contributed by atoms with E-state index in [4.69, 9.17) is 4.74 Å². The number of nitrogens with one attached hydrogen (secondary N) is 1. The number of fused-ring (bicyclic) bond motifs is 1. The van der Waals surface area contributed by atoms with Gasteiger partial charge in [0.1, 0.15) is 11.6 Å². The van der Waals surface area contributed by atoms with Crippen molar-refractivity contribution in [2.75, 3.05) is 6.61 Å². The number of imidazole rings is 1. The Kier molecular flexibility index (Phi) is 4.21. The molecule has 4 aromatic rings. The van der Waals surface area contributed by atoms with Crippen LogP contribution in [0, 0.1) is 6.92 Å². The number of benzene rings is 3. The fourth-order valence-corrected chi connectivity index (χ4v) is 2.90. The molecule has 0 spiro atoms. The first-order chi connectivity index (χ1) is 12.3. The van der Waals surface area contributed by atoms with Crippen LogP contribution in [-0.4, -0.2) is 16.6 Å². The van der Waals surface area contributed by atoms with Gasteiger partial charge in [0.05, 0.1) is 17.6 Å². The molecule has 0 bridgehead atoms. The molecule has 1 N–H and O–H groups in total. The third-order valence-electron chi connectivity index (χ3n) is 4.27. The lowest BCUT2D eigenvalue weighted by Gasteiger charge is -2.06. The van der Waals surface area contributed by atoms with Gasteiger partial charge in [0.25, 0.3) is 0 Å². The van der Waals surface area contributed by atoms with Crippen LogP contribution in [0.4, 0.5) is 0 Å². The number of ether oxygens (including phenoxy) is 1. The van der Waals surface area contributed by atoms with E-state index in [1.165, 1.54) is 11.1 Å². The Labute approximate surface area is 147 Å². The van der Waals surface area contributed by atoms with Gasteiger partial charge >= 0.3 is 0 Å². The van der Waals surface area contributed by atoms with E-state index >= 15 is 0 Å². The van der Waals surface area contributed by atoms with E-state index in [0.29, 0.717) is 6.61 Å². The molecule has 124 valence electrons. The monoisotopic (exact) mass is 328 g/mol. The largest absolute Gasteiger partial charge is 0.493 e. The van der Waals surface area contributed by atoms with E-state index in [0.717, 1.165) is 34.6 Å². The van der Waals surface area contributed by atoms with Crippen LogP contribution >= 0.6 is 0 Å². The lowest BCUT2D eigenvalue weighted by molar-refractivity contribution is 0.322. The summed E-state index contributed by atoms with van der Waals surface area (Å²) in [4.78, 5) is 8.04. The van der Waals surface area contributed by atoms with Crippen LogP contribution in [-0.2, 0) is 6.42 Å². The van der Waals surface area contributed by atoms with E-state index in [9.17, 15) is 0 Å². The zero-order valence-electron chi connectivity index (χ0n) is 14.2. The van der Waals surface area contributed by atoms with Gasteiger partial charge < -0.3 is 9.72 Å². The molecule has 0 atom stereocenters. The molecule has 0 unspecified atom stereocenters. The Balaban J connectivity index is 1.44. The van der Waals surface area contributed by atoms with Crippen molar-refractivity contribution in [3.8, 4) is 17.1 Å². The van der Waals surface area contributed by atoms with Crippen LogP contribution in [0.2, 0.25) is 0 Å². The van der Waals surface area contributed by atoms with Gasteiger partial charge in [-0.2, -0.15) is 0 Å². The van der Waals surface area contributed by atoms with Gasteiger partial charge in [0, 0.05) is 12.0 Å². The lowest BCUT2D eigenvalue weighted by atomic mass is 10.2. The molecule has 3 heteroatoms. The number of H-pyrrole nitrogens is 1. The summed E-state index contributed by atoms with van der Waals surface area (Å²) in [6.45, 7) is 2.76. The Morgan fingerprint density at radius 3 is 2.52 bits per heavy atom. The highest BCUT2D eigenvalue weighted by Gasteiger charge is 2.06. The third-order valence-corrected chi connectivity index (χ3v) is 4.27. The predicted octanol–water partition coefficient (Wildman–Crippen LogP) is 5.16. The minimum Gasteiger partial charge on any atom is -0.493 e. The molecule has 0 amide bonds. The molecule has 1 heterocycles. The predicted molar refractivity (Wildman–Crippen MR) is 102 cm³/mol. The van der Waals surface area contributed by atoms with Crippen molar-refractivity contribution in [2.45, 2.75) is 13.3 Å². The van der Waals surface area contributed by atoms with Crippen molar-refractivity contribution in [2.24, 2.45) is 0 Å². The van der Waals surface area contributed by atoms with Gasteiger partial charge in [-0.25, -0.2) is 4.98 Å². The molecule has 4 rings (SSSR count). The van der Waals surface area contributed by atoms with Crippen LogP contribution in [0.5, 0.6) is 5.75 Å². The maximum Gasteiger partial charge on any atom is 0.138 e. The quantitative estimate of drug-likeness (QED) is 0.549. The van der Waals surface area contributed by atoms with Gasteiger partial charge in [-0.15, -0.1) is 0 Å². The summed E-state index contributed by atoms with van der Waals surface area (Å²) < 4.78 is 5.84. The maximum absolute atomic E-state index is 5.84. The minimum atomic E-state index is 0.674. The van der Waals surface area contributed by atoms with Crippen molar-refractivity contribution in [3.05, 3.63) is 83.9 Å². The van der Waals surface area contributed by atoms with Gasteiger partial charge in [-0.05, 0) is 54.4 Å². The zero-order chi connectivity index (χ0) is 17.1. The van der Waals surface area contributed by atoms with E-state index < -0.39 is 0 Å². The summed E-state index contributed by atoms with van der Waals surface area (Å²) in [6.07, 6.45) is 0.908. The van der Waals surface area contributed by atoms with Crippen molar-refractivity contribution in [1.82, 2.24) is 9.97 Å². The molecular formula is C22H20N2O. The molecular weight excluding hydrogens is 308 g/mol. The van der Waals surface area contributed by atoms with Crippen molar-refractivity contribution in [1.29, 1.82) is 0 Å². The fourth-order valence-electron chi connectivity index (χ4n) is 2.90. The number of aromatic amines is 1. The second kappa shape index (κ2) is 6.81. The summed E-state index contributed by atoms with van der Waals surface area (Å²) in [6, 6.07) is 24.7. The standard InChI is InChI=1S/C22H20N2O/c1-16-7-12-20-21(15-16)24-22(23-20)18-8-10-19(11-9-18)25-14-13-17-5-3-2-4-6-17/h2-12,15H,13-14H2,1H3,(H,23,24). The van der Waals surface area contributed by atoms with Crippen LogP contribution in [0.1, 0.15) is 11.1 Å². The van der Waals surface area contributed by atoms with Crippen LogP contribution in [0.3, 0.4) is 0 Å². The van der Waals surface area contributed by atoms with Crippen LogP contribution < -0.4 is 4.74 Å². The highest BCUT2D eigenvalue weighted by molar-refractivity contribution is 5.80. The first-order valence-electron chi connectivity index (χ1n) is 8.51. The molecule has 25 heavy (non-hydrogen) atoms. The molecule has 0 aliphatic heterocycles. The third kappa shape index (κ3) is 3.56. The van der Waals surface area contributed by atoms with Gasteiger partial charge in [-0.3, -0.25) is 0 Å². The molecule has 0 fully saturated rings. The highest BCUT2D eigenvalue weighted by atomic mass is 16.5. The number of aromatic nitrogens is 2. The number of hydrogen-bond donors (Lipinski definition) is 1. The topological polar surface area (TPSA) is 37.9 Å². The van der Waals surface area contributed by atoms with Crippen molar-refractivity contribution < 1.29 is 4.74 Å². The average molecular weight is 328 g/mol. The first-order valence-corrected chi connectivity index (χ1v) is 8.51. The second-order valence-electron chi connectivity index (χ2n) is 6.21. The molecule has 0 aliphatic carbocycles. The first kappa shape index (κ1) is 15.5. The minimum absolute atomic E-state index is 0.674. The number of aryl methyl sites for hydroxylation is 1. The Morgan fingerprint density at radius 1 is 0.920 bits per heavy atom. The fraction of sp³-hybridized carbons (Fsp3) is 0.136. The van der Waals surface area contributed by atoms with Crippen molar-refractivity contribution in [3.63, 3.8) is 0 Å². The second-order valence-corrected chi connectivity index (χ2v) is 6.21. The smallest absolute Gasteiger partial charge is 0.138 e. The molecule has 3 aromatic carbocycles. The molecule has 1 aromatic heterocycles. The van der Waals surface area contributed by atoms with E-state index in [1.807, 2.05) is 36.4 Å².